The molecule has 2 heterocycles. The predicted octanol–water partition coefficient (Wildman–Crippen LogP) is 3.68. The van der Waals surface area contributed by atoms with Crippen LogP contribution in [0, 0.1) is 0 Å². The molecule has 0 radical (unpaired) electrons. The second kappa shape index (κ2) is 9.91. The van der Waals surface area contributed by atoms with Crippen LogP contribution in [0.25, 0.3) is 0 Å². The highest BCUT2D eigenvalue weighted by atomic mass is 32.2. The number of para-hydroxylation sites is 1. The molecule has 1 aliphatic heterocycles. The molecule has 172 valence electrons. The fraction of sp³-hybridized carbons (Fsp3) is 0.250. The van der Waals surface area contributed by atoms with E-state index in [-0.39, 0.29) is 34.4 Å². The Labute approximate surface area is 192 Å². The molecule has 0 bridgehead atoms. The molecule has 2 N–H and O–H groups in total. The smallest absolute Gasteiger partial charge is 0.319 e. The molecule has 33 heavy (non-hydrogen) atoms. The molecule has 0 unspecified atom stereocenters. The third kappa shape index (κ3) is 5.61. The Hall–Kier alpha value is -3.59. The van der Waals surface area contributed by atoms with Gasteiger partial charge in [-0.1, -0.05) is 36.4 Å². The van der Waals surface area contributed by atoms with E-state index in [2.05, 4.69) is 10.6 Å². The number of hydrogen-bond donors (Lipinski definition) is 2. The van der Waals surface area contributed by atoms with Gasteiger partial charge in [-0.15, -0.1) is 0 Å². The molecule has 0 spiro atoms. The average Bonchev–Trinajstić information content (AvgIpc) is 3.27. The van der Waals surface area contributed by atoms with Crippen LogP contribution in [-0.4, -0.2) is 44.4 Å². The van der Waals surface area contributed by atoms with E-state index < -0.39 is 9.84 Å². The normalized spacial score (nSPS) is 14.6. The first kappa shape index (κ1) is 22.6. The molecule has 1 aromatic heterocycles. The van der Waals surface area contributed by atoms with Gasteiger partial charge in [0.05, 0.1) is 16.9 Å². The number of nitrogens with zero attached hydrogens (tertiary/aromatic N) is 1. The van der Waals surface area contributed by atoms with Crippen molar-refractivity contribution in [3.8, 4) is 0 Å². The maximum absolute atomic E-state index is 13.0. The Kier molecular flexibility index (Phi) is 6.79. The number of piperidine rings is 1. The highest BCUT2D eigenvalue weighted by Crippen LogP contribution is 2.22. The number of carbonyl (C=O) groups is 2. The van der Waals surface area contributed by atoms with Crippen molar-refractivity contribution in [3.05, 3.63) is 84.3 Å². The van der Waals surface area contributed by atoms with Crippen molar-refractivity contribution in [2.24, 2.45) is 0 Å². The summed E-state index contributed by atoms with van der Waals surface area (Å²) in [4.78, 5) is 27.0. The molecular formula is C24H25N3O5S. The molecule has 0 aliphatic carbocycles. The summed E-state index contributed by atoms with van der Waals surface area (Å²) in [7, 11) is -3.60. The van der Waals surface area contributed by atoms with E-state index in [1.54, 1.807) is 35.2 Å². The minimum absolute atomic E-state index is 0.0442. The van der Waals surface area contributed by atoms with E-state index in [1.807, 2.05) is 18.2 Å². The molecule has 8 nitrogen and oxygen atoms in total. The zero-order chi connectivity index (χ0) is 23.3. The lowest BCUT2D eigenvalue weighted by Gasteiger charge is -2.32. The number of likely N-dealkylation sites (tertiary alicyclic amines) is 1. The molecule has 0 saturated carbocycles. The van der Waals surface area contributed by atoms with Crippen molar-refractivity contribution >= 4 is 27.5 Å². The minimum atomic E-state index is -3.60. The van der Waals surface area contributed by atoms with E-state index in [1.165, 1.54) is 24.5 Å². The summed E-state index contributed by atoms with van der Waals surface area (Å²) in [6.45, 7) is 0.862. The Morgan fingerprint density at radius 2 is 1.58 bits per heavy atom. The summed E-state index contributed by atoms with van der Waals surface area (Å²) in [5, 5.41) is 5.72. The Morgan fingerprint density at radius 1 is 0.939 bits per heavy atom. The van der Waals surface area contributed by atoms with E-state index in [0.29, 0.717) is 37.2 Å². The van der Waals surface area contributed by atoms with Gasteiger partial charge in [0.25, 0.3) is 5.91 Å². The molecule has 4 rings (SSSR count). The first-order valence-electron chi connectivity index (χ1n) is 10.7. The van der Waals surface area contributed by atoms with Crippen LogP contribution in [0.2, 0.25) is 0 Å². The standard InChI is InChI=1S/C24H25N3O5S/c28-23(22-18(13-16-32-22)17-33(30,31)21-9-5-2-6-10-21)27-14-11-20(12-15-27)26-24(29)25-19-7-3-1-4-8-19/h1-10,13,16,20H,11-12,14-15,17H2,(H2,25,26,29). The number of amides is 3. The number of carbonyl (C=O) groups excluding carboxylic acids is 2. The molecule has 1 aliphatic rings. The average molecular weight is 468 g/mol. The van der Waals surface area contributed by atoms with Crippen molar-refractivity contribution in [2.75, 3.05) is 18.4 Å². The van der Waals surface area contributed by atoms with Crippen LogP contribution < -0.4 is 10.6 Å². The van der Waals surface area contributed by atoms with Gasteiger partial charge in [0.15, 0.2) is 15.6 Å². The summed E-state index contributed by atoms with van der Waals surface area (Å²) in [5.41, 5.74) is 1.05. The van der Waals surface area contributed by atoms with Crippen molar-refractivity contribution in [1.29, 1.82) is 0 Å². The summed E-state index contributed by atoms with van der Waals surface area (Å²) >= 11 is 0. The van der Waals surface area contributed by atoms with Crippen molar-refractivity contribution in [1.82, 2.24) is 10.2 Å². The Balaban J connectivity index is 1.33. The topological polar surface area (TPSA) is 109 Å². The van der Waals surface area contributed by atoms with Crippen LogP contribution in [0.3, 0.4) is 0 Å². The Morgan fingerprint density at radius 3 is 2.24 bits per heavy atom. The predicted molar refractivity (Wildman–Crippen MR) is 124 cm³/mol. The monoisotopic (exact) mass is 467 g/mol. The summed E-state index contributed by atoms with van der Waals surface area (Å²) < 4.78 is 30.8. The maximum Gasteiger partial charge on any atom is 0.319 e. The molecule has 1 saturated heterocycles. The molecule has 3 aromatic rings. The fourth-order valence-corrected chi connectivity index (χ4v) is 5.17. The summed E-state index contributed by atoms with van der Waals surface area (Å²) in [5.74, 6) is -0.611. The largest absolute Gasteiger partial charge is 0.459 e. The summed E-state index contributed by atoms with van der Waals surface area (Å²) in [6.07, 6.45) is 2.52. The van der Waals surface area contributed by atoms with Gasteiger partial charge in [-0.3, -0.25) is 4.79 Å². The van der Waals surface area contributed by atoms with E-state index in [4.69, 9.17) is 4.42 Å². The second-order valence-electron chi connectivity index (χ2n) is 7.88. The molecule has 0 atom stereocenters. The number of rotatable bonds is 6. The van der Waals surface area contributed by atoms with Crippen LogP contribution in [-0.2, 0) is 15.6 Å². The SMILES string of the molecule is O=C(Nc1ccccc1)NC1CCN(C(=O)c2occc2CS(=O)(=O)c2ccccc2)CC1. The van der Waals surface area contributed by atoms with Crippen LogP contribution in [0.15, 0.2) is 82.3 Å². The first-order chi connectivity index (χ1) is 15.9. The van der Waals surface area contributed by atoms with Gasteiger partial charge >= 0.3 is 6.03 Å². The fourth-order valence-electron chi connectivity index (χ4n) is 3.80. The van der Waals surface area contributed by atoms with Gasteiger partial charge < -0.3 is 20.0 Å². The minimum Gasteiger partial charge on any atom is -0.459 e. The van der Waals surface area contributed by atoms with Gasteiger partial charge in [0.1, 0.15) is 0 Å². The quantitative estimate of drug-likeness (QED) is 0.575. The van der Waals surface area contributed by atoms with Crippen molar-refractivity contribution in [3.63, 3.8) is 0 Å². The maximum atomic E-state index is 13.0. The van der Waals surface area contributed by atoms with Crippen LogP contribution in [0.1, 0.15) is 29.0 Å². The lowest BCUT2D eigenvalue weighted by molar-refractivity contribution is 0.0675. The van der Waals surface area contributed by atoms with Gasteiger partial charge in [-0.05, 0) is 43.2 Å². The van der Waals surface area contributed by atoms with E-state index >= 15 is 0 Å². The number of hydrogen-bond acceptors (Lipinski definition) is 5. The highest BCUT2D eigenvalue weighted by molar-refractivity contribution is 7.90. The van der Waals surface area contributed by atoms with Crippen molar-refractivity contribution < 1.29 is 22.4 Å². The number of benzene rings is 2. The first-order valence-corrected chi connectivity index (χ1v) is 12.3. The van der Waals surface area contributed by atoms with Gasteiger partial charge in [0, 0.05) is 30.4 Å². The lowest BCUT2D eigenvalue weighted by atomic mass is 10.0. The second-order valence-corrected chi connectivity index (χ2v) is 9.87. The number of urea groups is 1. The van der Waals surface area contributed by atoms with Gasteiger partial charge in [0.2, 0.25) is 0 Å². The Bertz CT molecular complexity index is 1200. The number of furan rings is 1. The van der Waals surface area contributed by atoms with Crippen LogP contribution in [0.5, 0.6) is 0 Å². The molecule has 2 aromatic carbocycles. The third-order valence-corrected chi connectivity index (χ3v) is 7.22. The lowest BCUT2D eigenvalue weighted by Crippen LogP contribution is -2.47. The van der Waals surface area contributed by atoms with Crippen LogP contribution >= 0.6 is 0 Å². The van der Waals surface area contributed by atoms with Gasteiger partial charge in [-0.25, -0.2) is 13.2 Å². The van der Waals surface area contributed by atoms with E-state index in [9.17, 15) is 18.0 Å². The van der Waals surface area contributed by atoms with E-state index in [0.717, 1.165) is 0 Å². The molecular weight excluding hydrogens is 442 g/mol. The third-order valence-electron chi connectivity index (χ3n) is 5.54. The molecule has 9 heteroatoms. The van der Waals surface area contributed by atoms with Gasteiger partial charge in [-0.2, -0.15) is 0 Å². The zero-order valence-corrected chi connectivity index (χ0v) is 18.8. The zero-order valence-electron chi connectivity index (χ0n) is 17.9. The number of sulfone groups is 1. The number of anilines is 1. The van der Waals surface area contributed by atoms with Crippen LogP contribution in [0.4, 0.5) is 10.5 Å². The number of nitrogens with one attached hydrogen (secondary N) is 2. The highest BCUT2D eigenvalue weighted by Gasteiger charge is 2.29. The molecule has 1 fully saturated rings. The molecule has 3 amide bonds. The summed E-state index contributed by atoms with van der Waals surface area (Å²) in [6, 6.07) is 18.5. The van der Waals surface area contributed by atoms with Crippen molar-refractivity contribution in [2.45, 2.75) is 29.5 Å².